The maximum absolute atomic E-state index is 13.6. The van der Waals surface area contributed by atoms with Gasteiger partial charge >= 0.3 is 6.18 Å². The predicted molar refractivity (Wildman–Crippen MR) is 128 cm³/mol. The molecule has 5 nitrogen and oxygen atoms in total. The molecule has 0 saturated heterocycles. The number of imidazole rings is 1. The van der Waals surface area contributed by atoms with E-state index < -0.39 is 19.8 Å². The Bertz CT molecular complexity index is 1230. The number of aromatic amines is 1. The molecule has 5 rings (SSSR count). The number of hydrogen-bond donors (Lipinski definition) is 1. The highest BCUT2D eigenvalue weighted by Gasteiger charge is 2.54. The molecule has 2 heterocycles. The zero-order chi connectivity index (χ0) is 23.8. The van der Waals surface area contributed by atoms with Gasteiger partial charge in [-0.1, -0.05) is 42.5 Å². The van der Waals surface area contributed by atoms with E-state index in [1.54, 1.807) is 6.07 Å². The van der Waals surface area contributed by atoms with Crippen LogP contribution in [0, 0.1) is 11.3 Å². The van der Waals surface area contributed by atoms with Crippen molar-refractivity contribution < 1.29 is 17.9 Å². The number of aromatic nitrogens is 4. The molecule has 0 spiro atoms. The Kier molecular flexibility index (Phi) is 5.38. The molecule has 3 aromatic rings. The van der Waals surface area contributed by atoms with Crippen molar-refractivity contribution in [3.05, 3.63) is 33.4 Å². The summed E-state index contributed by atoms with van der Waals surface area (Å²) in [5.41, 5.74) is 2.67. The van der Waals surface area contributed by atoms with Gasteiger partial charge in [0.25, 0.3) is 0 Å². The smallest absolute Gasteiger partial charge is 0.360 e. The molecule has 0 bridgehead atoms. The highest BCUT2D eigenvalue weighted by molar-refractivity contribution is 9.10. The van der Waals surface area contributed by atoms with Crippen molar-refractivity contribution in [3.8, 4) is 11.5 Å². The van der Waals surface area contributed by atoms with Crippen LogP contribution in [-0.2, 0) is 30.5 Å². The Balaban J connectivity index is 1.53. The van der Waals surface area contributed by atoms with Crippen LogP contribution in [-0.4, -0.2) is 34.4 Å². The molecule has 2 aromatic heterocycles. The molecule has 1 saturated carbocycles. The fraction of sp³-hybridized carbons (Fsp3) is 0.565. The summed E-state index contributed by atoms with van der Waals surface area (Å²) in [6.45, 7) is 10.3. The standard InChI is InChI=1S/C23H28BrF3N4OSi/c1-22-10-13(22)7-15-18(11-22)31(12-32-5-6-33(2,3)4)30-19(15)21-28-17-9-14(24)8-16(20(17)29-21)23(25,26)27/h8-9,13H,5-7,10-12H2,1-4H3,(H,28,29)/t13-,22-/m1/s1. The van der Waals surface area contributed by atoms with Crippen LogP contribution in [0.1, 0.15) is 30.2 Å². The third-order valence-electron chi connectivity index (χ3n) is 7.02. The van der Waals surface area contributed by atoms with Gasteiger partial charge in [-0.2, -0.15) is 18.3 Å². The van der Waals surface area contributed by atoms with Crippen molar-refractivity contribution in [2.75, 3.05) is 6.61 Å². The lowest BCUT2D eigenvalue weighted by Gasteiger charge is -2.20. The average molecular weight is 541 g/mol. The van der Waals surface area contributed by atoms with E-state index in [-0.39, 0.29) is 5.52 Å². The van der Waals surface area contributed by atoms with E-state index in [2.05, 4.69) is 52.5 Å². The Morgan fingerprint density at radius 1 is 1.30 bits per heavy atom. The second-order valence-electron chi connectivity index (χ2n) is 11.0. The van der Waals surface area contributed by atoms with Gasteiger partial charge in [0.2, 0.25) is 0 Å². The minimum absolute atomic E-state index is 0.0811. The third-order valence-corrected chi connectivity index (χ3v) is 9.18. The molecule has 2 aliphatic rings. The summed E-state index contributed by atoms with van der Waals surface area (Å²) >= 11 is 3.19. The van der Waals surface area contributed by atoms with Gasteiger partial charge in [0, 0.05) is 30.4 Å². The minimum Gasteiger partial charge on any atom is -0.360 e. The lowest BCUT2D eigenvalue weighted by molar-refractivity contribution is -0.136. The van der Waals surface area contributed by atoms with Crippen LogP contribution in [0.5, 0.6) is 0 Å². The number of fused-ring (bicyclic) bond motifs is 3. The topological polar surface area (TPSA) is 55.7 Å². The maximum Gasteiger partial charge on any atom is 0.418 e. The first-order valence-electron chi connectivity index (χ1n) is 11.3. The van der Waals surface area contributed by atoms with Crippen molar-refractivity contribution in [2.45, 2.75) is 64.8 Å². The van der Waals surface area contributed by atoms with E-state index in [1.165, 1.54) is 6.42 Å². The third kappa shape index (κ3) is 4.41. The van der Waals surface area contributed by atoms with Gasteiger partial charge in [-0.15, -0.1) is 0 Å². The summed E-state index contributed by atoms with van der Waals surface area (Å²) in [7, 11) is -1.20. The quantitative estimate of drug-likeness (QED) is 0.281. The molecule has 0 radical (unpaired) electrons. The number of hydrogen-bond acceptors (Lipinski definition) is 3. The highest BCUT2D eigenvalue weighted by atomic mass is 79.9. The van der Waals surface area contributed by atoms with Gasteiger partial charge in [-0.3, -0.25) is 0 Å². The number of alkyl halides is 3. The van der Waals surface area contributed by atoms with Crippen LogP contribution >= 0.6 is 15.9 Å². The van der Waals surface area contributed by atoms with E-state index in [0.717, 1.165) is 36.2 Å². The van der Waals surface area contributed by atoms with E-state index in [4.69, 9.17) is 9.84 Å². The van der Waals surface area contributed by atoms with Crippen LogP contribution in [0.2, 0.25) is 25.7 Å². The van der Waals surface area contributed by atoms with Crippen LogP contribution in [0.25, 0.3) is 22.6 Å². The predicted octanol–water partition coefficient (Wildman–Crippen LogP) is 6.64. The average Bonchev–Trinajstić information content (AvgIpc) is 3.00. The van der Waals surface area contributed by atoms with E-state index >= 15 is 0 Å². The van der Waals surface area contributed by atoms with E-state index in [0.29, 0.717) is 46.2 Å². The summed E-state index contributed by atoms with van der Waals surface area (Å²) in [4.78, 5) is 7.49. The number of nitrogens with one attached hydrogen (secondary N) is 1. The number of nitrogens with zero attached hydrogens (tertiary/aromatic N) is 3. The Morgan fingerprint density at radius 2 is 2.06 bits per heavy atom. The van der Waals surface area contributed by atoms with Crippen molar-refractivity contribution in [2.24, 2.45) is 11.3 Å². The number of halogens is 4. The summed E-state index contributed by atoms with van der Waals surface area (Å²) in [5.74, 6) is 0.980. The molecular formula is C23H28BrF3N4OSi. The zero-order valence-electron chi connectivity index (χ0n) is 19.2. The van der Waals surface area contributed by atoms with Crippen molar-refractivity contribution in [3.63, 3.8) is 0 Å². The molecule has 1 N–H and O–H groups in total. The van der Waals surface area contributed by atoms with Gasteiger partial charge in [0.1, 0.15) is 17.9 Å². The van der Waals surface area contributed by atoms with Gasteiger partial charge in [0.05, 0.1) is 11.1 Å². The highest BCUT2D eigenvalue weighted by Crippen LogP contribution is 2.60. The molecule has 0 unspecified atom stereocenters. The fourth-order valence-electron chi connectivity index (χ4n) is 4.85. The maximum atomic E-state index is 13.6. The molecule has 10 heteroatoms. The molecule has 2 atom stereocenters. The number of H-pyrrole nitrogens is 1. The van der Waals surface area contributed by atoms with E-state index in [1.807, 2.05) is 4.68 Å². The summed E-state index contributed by atoms with van der Waals surface area (Å²) in [6, 6.07) is 3.77. The molecule has 0 aliphatic heterocycles. The second kappa shape index (κ2) is 7.68. The summed E-state index contributed by atoms with van der Waals surface area (Å²) in [6.07, 6.45) is -1.53. The SMILES string of the molecule is C[C@@]12Cc3c(c(-c4nc5c(C(F)(F)F)cc(Br)cc5[nH]4)nn3COCC[Si](C)(C)C)C[C@@H]1C2. The fourth-order valence-corrected chi connectivity index (χ4v) is 6.07. The first-order chi connectivity index (χ1) is 15.3. The number of ether oxygens (including phenoxy) is 1. The minimum atomic E-state index is -4.49. The summed E-state index contributed by atoms with van der Waals surface area (Å²) < 4.78 is 49.1. The monoisotopic (exact) mass is 540 g/mol. The lowest BCUT2D eigenvalue weighted by atomic mass is 9.87. The van der Waals surface area contributed by atoms with Crippen molar-refractivity contribution >= 4 is 35.0 Å². The largest absolute Gasteiger partial charge is 0.418 e. The zero-order valence-corrected chi connectivity index (χ0v) is 21.8. The molecule has 33 heavy (non-hydrogen) atoms. The molecular weight excluding hydrogens is 513 g/mol. The van der Waals surface area contributed by atoms with Gasteiger partial charge in [-0.05, 0) is 48.8 Å². The normalized spacial score (nSPS) is 22.5. The van der Waals surface area contributed by atoms with Crippen LogP contribution in [0.15, 0.2) is 16.6 Å². The first kappa shape index (κ1) is 23.1. The lowest BCUT2D eigenvalue weighted by Crippen LogP contribution is -2.23. The van der Waals surface area contributed by atoms with Gasteiger partial charge in [0.15, 0.2) is 5.82 Å². The molecule has 2 aliphatic carbocycles. The molecule has 1 aromatic carbocycles. The second-order valence-corrected chi connectivity index (χ2v) is 17.5. The van der Waals surface area contributed by atoms with Gasteiger partial charge in [-0.25, -0.2) is 9.67 Å². The number of benzene rings is 1. The molecule has 1 fully saturated rings. The first-order valence-corrected chi connectivity index (χ1v) is 15.8. The molecule has 0 amide bonds. The van der Waals surface area contributed by atoms with Crippen LogP contribution < -0.4 is 0 Å². The molecule has 178 valence electrons. The Labute approximate surface area is 200 Å². The van der Waals surface area contributed by atoms with Crippen LogP contribution in [0.3, 0.4) is 0 Å². The van der Waals surface area contributed by atoms with E-state index in [9.17, 15) is 13.2 Å². The number of rotatable bonds is 6. The van der Waals surface area contributed by atoms with Crippen LogP contribution in [0.4, 0.5) is 13.2 Å². The summed E-state index contributed by atoms with van der Waals surface area (Å²) in [5, 5.41) is 4.81. The van der Waals surface area contributed by atoms with Gasteiger partial charge < -0.3 is 9.72 Å². The van der Waals surface area contributed by atoms with Crippen molar-refractivity contribution in [1.29, 1.82) is 0 Å². The Morgan fingerprint density at radius 3 is 2.76 bits per heavy atom. The van der Waals surface area contributed by atoms with Crippen molar-refractivity contribution in [1.82, 2.24) is 19.7 Å². The Hall–Kier alpha value is -1.65.